The highest BCUT2D eigenvalue weighted by molar-refractivity contribution is 5.35. The van der Waals surface area contributed by atoms with Gasteiger partial charge < -0.3 is 15.5 Å². The molecule has 0 bridgehead atoms. The van der Waals surface area contributed by atoms with Crippen LogP contribution in [0.15, 0.2) is 18.2 Å². The summed E-state index contributed by atoms with van der Waals surface area (Å²) < 4.78 is 13.0. The Morgan fingerprint density at radius 1 is 1.32 bits per heavy atom. The van der Waals surface area contributed by atoms with Crippen LogP contribution >= 0.6 is 0 Å². The zero-order valence-corrected chi connectivity index (χ0v) is 12.1. The number of aromatic hydroxyl groups is 1. The minimum Gasteiger partial charge on any atom is -0.508 e. The molecule has 0 aliphatic heterocycles. The summed E-state index contributed by atoms with van der Waals surface area (Å²) in [5, 5.41) is 22.3. The Balaban J connectivity index is 2.84. The van der Waals surface area contributed by atoms with Gasteiger partial charge in [-0.1, -0.05) is 26.8 Å². The van der Waals surface area contributed by atoms with Crippen molar-refractivity contribution in [3.8, 4) is 5.75 Å². The van der Waals surface area contributed by atoms with Gasteiger partial charge in [-0.15, -0.1) is 0 Å². The fourth-order valence-corrected chi connectivity index (χ4v) is 2.17. The Bertz CT molecular complexity index is 415. The Labute approximate surface area is 114 Å². The summed E-state index contributed by atoms with van der Waals surface area (Å²) in [5.74, 6) is -0.493. The van der Waals surface area contributed by atoms with Gasteiger partial charge in [0.05, 0.1) is 0 Å². The van der Waals surface area contributed by atoms with Crippen LogP contribution in [0.5, 0.6) is 5.75 Å². The van der Waals surface area contributed by atoms with Crippen molar-refractivity contribution >= 4 is 0 Å². The molecule has 0 heterocycles. The Morgan fingerprint density at radius 3 is 2.42 bits per heavy atom. The van der Waals surface area contributed by atoms with Gasteiger partial charge in [-0.25, -0.2) is 4.39 Å². The first kappa shape index (κ1) is 15.9. The van der Waals surface area contributed by atoms with Gasteiger partial charge in [-0.05, 0) is 24.8 Å². The average molecular weight is 269 g/mol. The monoisotopic (exact) mass is 269 g/mol. The van der Waals surface area contributed by atoms with Gasteiger partial charge in [0.25, 0.3) is 0 Å². The Morgan fingerprint density at radius 2 is 1.95 bits per heavy atom. The number of hydrogen-bond donors (Lipinski definition) is 3. The Hall–Kier alpha value is -1.13. The zero-order chi connectivity index (χ0) is 14.6. The highest BCUT2D eigenvalue weighted by Crippen LogP contribution is 2.28. The largest absolute Gasteiger partial charge is 0.508 e. The van der Waals surface area contributed by atoms with Crippen molar-refractivity contribution in [2.75, 3.05) is 6.61 Å². The van der Waals surface area contributed by atoms with Crippen LogP contribution in [0.3, 0.4) is 0 Å². The third-order valence-corrected chi connectivity index (χ3v) is 3.37. The second-order valence-electron chi connectivity index (χ2n) is 6.02. The molecular weight excluding hydrogens is 245 g/mol. The first-order chi connectivity index (χ1) is 8.75. The molecule has 2 atom stereocenters. The van der Waals surface area contributed by atoms with E-state index in [2.05, 4.69) is 26.1 Å². The lowest BCUT2D eigenvalue weighted by Crippen LogP contribution is -2.42. The van der Waals surface area contributed by atoms with Crippen LogP contribution in [0.4, 0.5) is 4.39 Å². The van der Waals surface area contributed by atoms with E-state index in [1.54, 1.807) is 6.07 Å². The molecule has 1 aromatic carbocycles. The second-order valence-corrected chi connectivity index (χ2v) is 6.02. The highest BCUT2D eigenvalue weighted by Gasteiger charge is 2.26. The zero-order valence-electron chi connectivity index (χ0n) is 12.1. The van der Waals surface area contributed by atoms with E-state index in [0.717, 1.165) is 6.07 Å². The van der Waals surface area contributed by atoms with E-state index in [-0.39, 0.29) is 29.9 Å². The summed E-state index contributed by atoms with van der Waals surface area (Å²) in [4.78, 5) is 0. The predicted octanol–water partition coefficient (Wildman–Crippen LogP) is 2.98. The lowest BCUT2D eigenvalue weighted by molar-refractivity contribution is 0.187. The maximum absolute atomic E-state index is 13.0. The number of phenolic OH excluding ortho intramolecular Hbond substituents is 1. The molecule has 4 heteroatoms. The molecule has 0 aromatic heterocycles. The molecule has 0 saturated heterocycles. The van der Waals surface area contributed by atoms with Crippen LogP contribution in [0.25, 0.3) is 0 Å². The lowest BCUT2D eigenvalue weighted by atomic mass is 9.84. The van der Waals surface area contributed by atoms with Crippen molar-refractivity contribution in [1.82, 2.24) is 5.32 Å². The quantitative estimate of drug-likeness (QED) is 0.770. The predicted molar refractivity (Wildman–Crippen MR) is 74.6 cm³/mol. The van der Waals surface area contributed by atoms with Crippen LogP contribution < -0.4 is 5.32 Å². The molecule has 0 radical (unpaired) electrons. The number of phenols is 1. The number of benzene rings is 1. The maximum atomic E-state index is 13.0. The summed E-state index contributed by atoms with van der Waals surface area (Å²) in [6, 6.07) is 4.03. The van der Waals surface area contributed by atoms with Crippen LogP contribution in [-0.2, 0) is 0 Å². The van der Waals surface area contributed by atoms with Crippen LogP contribution in [0, 0.1) is 11.2 Å². The Kier molecular flexibility index (Phi) is 5.32. The fourth-order valence-electron chi connectivity index (χ4n) is 2.17. The van der Waals surface area contributed by atoms with E-state index in [0.29, 0.717) is 12.0 Å². The topological polar surface area (TPSA) is 52.5 Å². The molecule has 0 fully saturated rings. The fraction of sp³-hybridized carbons (Fsp3) is 0.600. The summed E-state index contributed by atoms with van der Waals surface area (Å²) in [5.41, 5.74) is 0.653. The summed E-state index contributed by atoms with van der Waals surface area (Å²) >= 11 is 0. The third kappa shape index (κ3) is 4.48. The smallest absolute Gasteiger partial charge is 0.126 e. The van der Waals surface area contributed by atoms with E-state index in [1.165, 1.54) is 6.07 Å². The molecule has 0 spiro atoms. The van der Waals surface area contributed by atoms with E-state index in [9.17, 15) is 9.50 Å². The second kappa shape index (κ2) is 6.35. The molecule has 3 nitrogen and oxygen atoms in total. The SMILES string of the molecule is CC(NC(CCO)C(C)(C)C)c1ccc(F)cc1O. The molecule has 0 saturated carbocycles. The molecule has 2 unspecified atom stereocenters. The molecule has 0 aliphatic rings. The van der Waals surface area contributed by atoms with Crippen molar-refractivity contribution in [3.05, 3.63) is 29.6 Å². The molecule has 0 aliphatic carbocycles. The molecule has 1 aromatic rings. The first-order valence-corrected chi connectivity index (χ1v) is 6.61. The summed E-state index contributed by atoms with van der Waals surface area (Å²) in [6.07, 6.45) is 0.635. The number of nitrogens with one attached hydrogen (secondary N) is 1. The normalized spacial score (nSPS) is 15.3. The van der Waals surface area contributed by atoms with E-state index >= 15 is 0 Å². The van der Waals surface area contributed by atoms with Gasteiger partial charge in [-0.3, -0.25) is 0 Å². The average Bonchev–Trinajstić information content (AvgIpc) is 2.26. The molecular formula is C15H24FNO2. The summed E-state index contributed by atoms with van der Waals surface area (Å²) in [6.45, 7) is 8.31. The number of hydrogen-bond acceptors (Lipinski definition) is 3. The maximum Gasteiger partial charge on any atom is 0.126 e. The number of aliphatic hydroxyl groups is 1. The van der Waals surface area contributed by atoms with Crippen molar-refractivity contribution in [1.29, 1.82) is 0 Å². The van der Waals surface area contributed by atoms with Crippen molar-refractivity contribution in [3.63, 3.8) is 0 Å². The van der Waals surface area contributed by atoms with E-state index < -0.39 is 5.82 Å². The van der Waals surface area contributed by atoms with Crippen molar-refractivity contribution < 1.29 is 14.6 Å². The molecule has 19 heavy (non-hydrogen) atoms. The minimum absolute atomic E-state index is 0.00730. The highest BCUT2D eigenvalue weighted by atomic mass is 19.1. The molecule has 3 N–H and O–H groups in total. The van der Waals surface area contributed by atoms with Gasteiger partial charge in [0.2, 0.25) is 0 Å². The van der Waals surface area contributed by atoms with Gasteiger partial charge in [0.15, 0.2) is 0 Å². The first-order valence-electron chi connectivity index (χ1n) is 6.61. The van der Waals surface area contributed by atoms with Gasteiger partial charge in [-0.2, -0.15) is 0 Å². The van der Waals surface area contributed by atoms with Crippen molar-refractivity contribution in [2.45, 2.75) is 46.2 Å². The van der Waals surface area contributed by atoms with Gasteiger partial charge in [0, 0.05) is 30.3 Å². The minimum atomic E-state index is -0.448. The van der Waals surface area contributed by atoms with Gasteiger partial charge >= 0.3 is 0 Å². The standard InChI is InChI=1S/C15H24FNO2/c1-10(12-6-5-11(16)9-13(12)19)17-14(7-8-18)15(2,3)4/h5-6,9-10,14,17-19H,7-8H2,1-4H3. The lowest BCUT2D eigenvalue weighted by Gasteiger charge is -2.34. The molecule has 108 valence electrons. The van der Waals surface area contributed by atoms with Crippen LogP contribution in [-0.4, -0.2) is 22.9 Å². The number of aliphatic hydroxyl groups excluding tert-OH is 1. The van der Waals surface area contributed by atoms with E-state index in [4.69, 9.17) is 5.11 Å². The number of rotatable bonds is 5. The molecule has 1 rings (SSSR count). The van der Waals surface area contributed by atoms with Crippen LogP contribution in [0.1, 0.15) is 45.7 Å². The van der Waals surface area contributed by atoms with Gasteiger partial charge in [0.1, 0.15) is 11.6 Å². The molecule has 0 amide bonds. The number of halogens is 1. The van der Waals surface area contributed by atoms with Crippen LogP contribution in [0.2, 0.25) is 0 Å². The van der Waals surface area contributed by atoms with Crippen molar-refractivity contribution in [2.24, 2.45) is 5.41 Å². The summed E-state index contributed by atoms with van der Waals surface area (Å²) in [7, 11) is 0. The van der Waals surface area contributed by atoms with E-state index in [1.807, 2.05) is 6.92 Å². The third-order valence-electron chi connectivity index (χ3n) is 3.37.